The van der Waals surface area contributed by atoms with Gasteiger partial charge in [0.1, 0.15) is 12.1 Å². The Morgan fingerprint density at radius 2 is 1.72 bits per heavy atom. The molecule has 1 aliphatic carbocycles. The Labute approximate surface area is 270 Å². The Bertz CT molecular complexity index is 1600. The van der Waals surface area contributed by atoms with E-state index in [0.29, 0.717) is 49.4 Å². The number of hydrogen-bond donors (Lipinski definition) is 3. The van der Waals surface area contributed by atoms with Crippen molar-refractivity contribution in [3.8, 4) is 6.07 Å². The van der Waals surface area contributed by atoms with Gasteiger partial charge in [-0.1, -0.05) is 51.0 Å². The third kappa shape index (κ3) is 6.21. The van der Waals surface area contributed by atoms with Gasteiger partial charge in [0, 0.05) is 29.4 Å². The van der Waals surface area contributed by atoms with Crippen LogP contribution in [0.3, 0.4) is 0 Å². The fourth-order valence-corrected chi connectivity index (χ4v) is 9.47. The van der Waals surface area contributed by atoms with E-state index in [1.807, 2.05) is 0 Å². The van der Waals surface area contributed by atoms with E-state index in [9.17, 15) is 33.0 Å². The minimum Gasteiger partial charge on any atom is -0.340 e. The lowest BCUT2D eigenvalue weighted by Crippen LogP contribution is -2.56. The van der Waals surface area contributed by atoms with Crippen molar-refractivity contribution in [1.29, 1.82) is 5.26 Å². The maximum Gasteiger partial charge on any atom is 0.399 e. The van der Waals surface area contributed by atoms with Crippen molar-refractivity contribution in [1.82, 2.24) is 15.1 Å². The number of halogens is 2. The second-order valence-corrected chi connectivity index (χ2v) is 16.0. The first kappa shape index (κ1) is 33.0. The van der Waals surface area contributed by atoms with Crippen LogP contribution in [0, 0.1) is 29.1 Å². The van der Waals surface area contributed by atoms with Crippen LogP contribution in [-0.2, 0) is 19.8 Å². The minimum atomic E-state index is -5.76. The van der Waals surface area contributed by atoms with Crippen LogP contribution in [0.15, 0.2) is 24.3 Å². The number of amides is 3. The van der Waals surface area contributed by atoms with Gasteiger partial charge >= 0.3 is 13.3 Å². The fourth-order valence-electron chi connectivity index (χ4n) is 8.04. The van der Waals surface area contributed by atoms with Crippen molar-refractivity contribution in [2.45, 2.75) is 94.4 Å². The topological polar surface area (TPSA) is 151 Å². The standard InChI is InChI=1S/C32H39F2N4O6PS/c33-32(34,45(42,43)44)22-10-13-27-20(14-22)15-28(46-27)29(39)36-25-9-5-4-8-23-11-12-26(38(23)30(25)40)31(41)37-17-21(16-35)24(18-37)19-6-2-1-3-7-19/h10,13-15,19,21,23-26H,1-9,11-12,17-18H2,(H,36,39)(H2,42,43,44)/t21-,23-,24+,25-,26-/m0/s1. The molecule has 0 bridgehead atoms. The van der Waals surface area contributed by atoms with Gasteiger partial charge in [-0.2, -0.15) is 14.0 Å². The van der Waals surface area contributed by atoms with Crippen LogP contribution in [0.4, 0.5) is 8.78 Å². The Morgan fingerprint density at radius 1 is 1.00 bits per heavy atom. The van der Waals surface area contributed by atoms with Crippen LogP contribution >= 0.6 is 18.9 Å². The Morgan fingerprint density at radius 3 is 2.43 bits per heavy atom. The summed E-state index contributed by atoms with van der Waals surface area (Å²) in [6.45, 7) is 0.923. The van der Waals surface area contributed by atoms with Gasteiger partial charge in [0.25, 0.3) is 5.91 Å². The summed E-state index contributed by atoms with van der Waals surface area (Å²) < 4.78 is 40.4. The first-order valence-corrected chi connectivity index (χ1v) is 18.6. The van der Waals surface area contributed by atoms with Gasteiger partial charge in [-0.15, -0.1) is 11.3 Å². The monoisotopic (exact) mass is 676 g/mol. The number of hydrogen-bond acceptors (Lipinski definition) is 6. The number of nitriles is 1. The molecule has 46 heavy (non-hydrogen) atoms. The minimum absolute atomic E-state index is 0.108. The summed E-state index contributed by atoms with van der Waals surface area (Å²) in [5.41, 5.74) is -5.23. The zero-order valence-corrected chi connectivity index (χ0v) is 27.2. The number of carbonyl (C=O) groups is 3. The first-order valence-electron chi connectivity index (χ1n) is 16.2. The van der Waals surface area contributed by atoms with E-state index in [-0.39, 0.29) is 40.0 Å². The number of alkyl halides is 2. The molecule has 3 saturated heterocycles. The molecule has 3 N–H and O–H groups in total. The number of carbonyl (C=O) groups excluding carboxylic acids is 3. The summed E-state index contributed by atoms with van der Waals surface area (Å²) in [5, 5.41) is 13.0. The summed E-state index contributed by atoms with van der Waals surface area (Å²) in [4.78, 5) is 63.3. The van der Waals surface area contributed by atoms with Gasteiger partial charge in [0.2, 0.25) is 11.8 Å². The van der Waals surface area contributed by atoms with Crippen LogP contribution in [0.2, 0.25) is 0 Å². The van der Waals surface area contributed by atoms with Crippen molar-refractivity contribution in [3.05, 3.63) is 34.7 Å². The molecule has 1 aromatic carbocycles. The van der Waals surface area contributed by atoms with Crippen molar-refractivity contribution in [2.24, 2.45) is 17.8 Å². The molecule has 6 rings (SSSR count). The molecule has 0 radical (unpaired) electrons. The van der Waals surface area contributed by atoms with Gasteiger partial charge in [0.15, 0.2) is 0 Å². The Kier molecular flexibility index (Phi) is 9.29. The van der Waals surface area contributed by atoms with Crippen LogP contribution < -0.4 is 5.32 Å². The lowest BCUT2D eigenvalue weighted by Gasteiger charge is -2.36. The maximum atomic E-state index is 14.3. The largest absolute Gasteiger partial charge is 0.399 e. The lowest BCUT2D eigenvalue weighted by molar-refractivity contribution is -0.146. The van der Waals surface area contributed by atoms with Crippen LogP contribution in [0.1, 0.15) is 85.9 Å². The SMILES string of the molecule is N#C[C@H]1CN(C(=O)[C@@H]2CC[C@@H]3CCCC[C@H](NC(=O)c4cc5cc(C(F)(F)P(=O)(O)O)ccc5s4)C(=O)N32)C[C@@H]1C1CCCCC1. The number of nitrogens with one attached hydrogen (secondary N) is 1. The quantitative estimate of drug-likeness (QED) is 0.350. The molecule has 248 valence electrons. The number of thiophene rings is 1. The molecule has 5 atom stereocenters. The Balaban J connectivity index is 1.17. The highest BCUT2D eigenvalue weighted by molar-refractivity contribution is 7.52. The summed E-state index contributed by atoms with van der Waals surface area (Å²) in [5.74, 6) is -0.597. The van der Waals surface area contributed by atoms with E-state index >= 15 is 0 Å². The molecule has 4 fully saturated rings. The summed E-state index contributed by atoms with van der Waals surface area (Å²) in [6.07, 6.45) is 9.65. The van der Waals surface area contributed by atoms with Gasteiger partial charge in [-0.05, 0) is 61.1 Å². The molecule has 0 unspecified atom stereocenters. The second kappa shape index (κ2) is 12.9. The van der Waals surface area contributed by atoms with Crippen molar-refractivity contribution in [3.63, 3.8) is 0 Å². The zero-order chi connectivity index (χ0) is 32.8. The van der Waals surface area contributed by atoms with Crippen molar-refractivity contribution >= 4 is 46.7 Å². The average Bonchev–Trinajstić information content (AvgIpc) is 3.77. The third-order valence-corrected chi connectivity index (χ3v) is 12.6. The van der Waals surface area contributed by atoms with E-state index in [4.69, 9.17) is 9.79 Å². The molecule has 10 nitrogen and oxygen atoms in total. The van der Waals surface area contributed by atoms with E-state index in [1.165, 1.54) is 18.6 Å². The predicted molar refractivity (Wildman–Crippen MR) is 167 cm³/mol. The molecule has 1 aromatic heterocycles. The molecule has 4 heterocycles. The lowest BCUT2D eigenvalue weighted by atomic mass is 9.76. The van der Waals surface area contributed by atoms with Gasteiger partial charge in [-0.3, -0.25) is 18.9 Å². The summed E-state index contributed by atoms with van der Waals surface area (Å²) in [6, 6.07) is 5.37. The predicted octanol–water partition coefficient (Wildman–Crippen LogP) is 5.34. The van der Waals surface area contributed by atoms with Crippen LogP contribution in [0.25, 0.3) is 10.1 Å². The van der Waals surface area contributed by atoms with E-state index < -0.39 is 36.8 Å². The average molecular weight is 677 g/mol. The molecule has 3 aliphatic heterocycles. The summed E-state index contributed by atoms with van der Waals surface area (Å²) >= 11 is 1.02. The molecule has 4 aliphatic rings. The normalized spacial score (nSPS) is 28.1. The summed E-state index contributed by atoms with van der Waals surface area (Å²) in [7, 11) is -5.76. The second-order valence-electron chi connectivity index (χ2n) is 13.3. The molecule has 1 saturated carbocycles. The van der Waals surface area contributed by atoms with Gasteiger partial charge in [0.05, 0.1) is 16.9 Å². The zero-order valence-electron chi connectivity index (χ0n) is 25.4. The first-order chi connectivity index (χ1) is 21.9. The third-order valence-electron chi connectivity index (χ3n) is 10.5. The Hall–Kier alpha value is -2.91. The van der Waals surface area contributed by atoms with E-state index in [0.717, 1.165) is 62.0 Å². The highest BCUT2D eigenvalue weighted by Gasteiger charge is 2.51. The van der Waals surface area contributed by atoms with Crippen molar-refractivity contribution < 1.29 is 37.5 Å². The van der Waals surface area contributed by atoms with Crippen LogP contribution in [-0.4, -0.2) is 68.5 Å². The van der Waals surface area contributed by atoms with E-state index in [2.05, 4.69) is 11.4 Å². The molecular weight excluding hydrogens is 637 g/mol. The van der Waals surface area contributed by atoms with Crippen molar-refractivity contribution in [2.75, 3.05) is 13.1 Å². The number of rotatable bonds is 6. The molecule has 2 aromatic rings. The maximum absolute atomic E-state index is 14.3. The number of benzene rings is 1. The molecular formula is C32H39F2N4O6PS. The highest BCUT2D eigenvalue weighted by Crippen LogP contribution is 2.59. The van der Waals surface area contributed by atoms with Gasteiger partial charge in [-0.25, -0.2) is 0 Å². The number of nitrogens with zero attached hydrogens (tertiary/aromatic N) is 3. The molecule has 0 spiro atoms. The highest BCUT2D eigenvalue weighted by atomic mass is 32.1. The fraction of sp³-hybridized carbons (Fsp3) is 0.625. The molecule has 3 amide bonds. The molecule has 14 heteroatoms. The van der Waals surface area contributed by atoms with Crippen LogP contribution in [0.5, 0.6) is 0 Å². The van der Waals surface area contributed by atoms with Gasteiger partial charge < -0.3 is 24.9 Å². The van der Waals surface area contributed by atoms with E-state index in [1.54, 1.807) is 9.80 Å². The number of fused-ring (bicyclic) bond motifs is 2. The smallest absolute Gasteiger partial charge is 0.340 e. The number of likely N-dealkylation sites (tertiary alicyclic amines) is 1.